The molecule has 0 aliphatic carbocycles. The molecule has 0 bridgehead atoms. The van der Waals surface area contributed by atoms with Crippen LogP contribution in [0.4, 0.5) is 11.5 Å². The summed E-state index contributed by atoms with van der Waals surface area (Å²) in [5, 5.41) is 7.81. The number of anilines is 2. The van der Waals surface area contributed by atoms with Gasteiger partial charge in [0.05, 0.1) is 31.9 Å². The first-order valence-electron chi connectivity index (χ1n) is 11.9. The summed E-state index contributed by atoms with van der Waals surface area (Å²) in [7, 11) is 1.97. The van der Waals surface area contributed by atoms with E-state index in [-0.39, 0.29) is 23.4 Å². The van der Waals surface area contributed by atoms with E-state index in [9.17, 15) is 9.59 Å². The number of nitrogens with two attached hydrogens (primary N) is 1. The standard InChI is InChI=1S/C27H27ClN6O3/c1-32-16-21(37-24-12-20(28)9-10-23(24)32)13-30-27(36)22-17-34(31-26(22)29)15-19-7-5-18(6-8-19)14-33-11-3-2-4-25(33)35/h2-12,17,21H,13-16H2,1H3,(H2,29,31)(H,30,36). The summed E-state index contributed by atoms with van der Waals surface area (Å²) in [4.78, 5) is 26.8. The zero-order valence-corrected chi connectivity index (χ0v) is 21.1. The third kappa shape index (κ3) is 5.62. The van der Waals surface area contributed by atoms with Gasteiger partial charge in [-0.1, -0.05) is 41.9 Å². The number of nitrogens with one attached hydrogen (secondary N) is 1. The Kier molecular flexibility index (Phi) is 6.87. The number of carbonyl (C=O) groups excluding carboxylic acids is 1. The molecule has 2 aromatic carbocycles. The Morgan fingerprint density at radius 1 is 1.14 bits per heavy atom. The summed E-state index contributed by atoms with van der Waals surface area (Å²) in [6.45, 7) is 1.89. The van der Waals surface area contributed by atoms with Crippen molar-refractivity contribution in [3.63, 3.8) is 0 Å². The molecule has 0 spiro atoms. The maximum atomic E-state index is 12.8. The molecule has 1 unspecified atom stereocenters. The number of hydrogen-bond acceptors (Lipinski definition) is 6. The minimum absolute atomic E-state index is 0.0410. The molecule has 1 aliphatic heterocycles. The number of halogens is 1. The smallest absolute Gasteiger partial charge is 0.256 e. The van der Waals surface area contributed by atoms with Crippen LogP contribution in [0.5, 0.6) is 5.75 Å². The van der Waals surface area contributed by atoms with Crippen molar-refractivity contribution in [3.05, 3.63) is 105 Å². The van der Waals surface area contributed by atoms with Crippen molar-refractivity contribution in [1.82, 2.24) is 19.7 Å². The van der Waals surface area contributed by atoms with Gasteiger partial charge in [0, 0.05) is 36.6 Å². The molecular weight excluding hydrogens is 492 g/mol. The number of hydrogen-bond donors (Lipinski definition) is 2. The van der Waals surface area contributed by atoms with E-state index >= 15 is 0 Å². The molecule has 0 fully saturated rings. The van der Waals surface area contributed by atoms with Gasteiger partial charge >= 0.3 is 0 Å². The molecule has 1 atom stereocenters. The third-order valence-electron chi connectivity index (χ3n) is 6.25. The highest BCUT2D eigenvalue weighted by Gasteiger charge is 2.25. The lowest BCUT2D eigenvalue weighted by molar-refractivity contribution is 0.0927. The number of benzene rings is 2. The number of likely N-dealkylation sites (N-methyl/N-ethyl adjacent to an activating group) is 1. The fraction of sp³-hybridized carbons (Fsp3) is 0.222. The number of fused-ring (bicyclic) bond motifs is 1. The van der Waals surface area contributed by atoms with Gasteiger partial charge in [-0.15, -0.1) is 0 Å². The lowest BCUT2D eigenvalue weighted by Gasteiger charge is -2.34. The first-order valence-corrected chi connectivity index (χ1v) is 12.3. The first-order chi connectivity index (χ1) is 17.9. The summed E-state index contributed by atoms with van der Waals surface area (Å²) in [5.41, 5.74) is 9.29. The van der Waals surface area contributed by atoms with Crippen LogP contribution in [0.25, 0.3) is 0 Å². The zero-order valence-electron chi connectivity index (χ0n) is 20.3. The number of aromatic nitrogens is 3. The second-order valence-corrected chi connectivity index (χ2v) is 9.49. The molecule has 0 radical (unpaired) electrons. The van der Waals surface area contributed by atoms with Crippen LogP contribution in [0.3, 0.4) is 0 Å². The largest absolute Gasteiger partial charge is 0.485 e. The summed E-state index contributed by atoms with van der Waals surface area (Å²) in [5.74, 6) is 0.543. The molecule has 1 aliphatic rings. The van der Waals surface area contributed by atoms with Crippen molar-refractivity contribution >= 4 is 29.0 Å². The summed E-state index contributed by atoms with van der Waals surface area (Å²) in [6.07, 6.45) is 3.18. The number of nitrogens with zero attached hydrogens (tertiary/aromatic N) is 4. The van der Waals surface area contributed by atoms with Crippen molar-refractivity contribution < 1.29 is 9.53 Å². The first kappa shape index (κ1) is 24.5. The minimum Gasteiger partial charge on any atom is -0.485 e. The molecule has 37 heavy (non-hydrogen) atoms. The van der Waals surface area contributed by atoms with E-state index in [1.54, 1.807) is 39.8 Å². The van der Waals surface area contributed by atoms with Gasteiger partial charge in [-0.05, 0) is 29.3 Å². The molecule has 3 heterocycles. The molecular formula is C27H27ClN6O3. The maximum Gasteiger partial charge on any atom is 0.256 e. The van der Waals surface area contributed by atoms with Gasteiger partial charge in [-0.3, -0.25) is 14.3 Å². The molecule has 1 amide bonds. The van der Waals surface area contributed by atoms with Crippen molar-refractivity contribution in [3.8, 4) is 5.75 Å². The number of rotatable bonds is 7. The van der Waals surface area contributed by atoms with Gasteiger partial charge in [0.15, 0.2) is 5.82 Å². The average molecular weight is 519 g/mol. The van der Waals surface area contributed by atoms with E-state index in [1.165, 1.54) is 0 Å². The molecule has 3 N–H and O–H groups in total. The second kappa shape index (κ2) is 10.4. The highest BCUT2D eigenvalue weighted by molar-refractivity contribution is 6.30. The van der Waals surface area contributed by atoms with Gasteiger partial charge in [-0.25, -0.2) is 0 Å². The second-order valence-electron chi connectivity index (χ2n) is 9.05. The molecule has 10 heteroatoms. The fourth-order valence-electron chi connectivity index (χ4n) is 4.34. The van der Waals surface area contributed by atoms with Crippen molar-refractivity contribution in [2.75, 3.05) is 30.8 Å². The van der Waals surface area contributed by atoms with Crippen molar-refractivity contribution in [1.29, 1.82) is 0 Å². The predicted octanol–water partition coefficient (Wildman–Crippen LogP) is 3.00. The van der Waals surface area contributed by atoms with E-state index in [2.05, 4.69) is 15.3 Å². The van der Waals surface area contributed by atoms with Gasteiger partial charge in [0.25, 0.3) is 11.5 Å². The summed E-state index contributed by atoms with van der Waals surface area (Å²) in [6, 6.07) is 18.5. The Morgan fingerprint density at radius 3 is 2.65 bits per heavy atom. The minimum atomic E-state index is -0.310. The Balaban J connectivity index is 1.18. The van der Waals surface area contributed by atoms with E-state index in [4.69, 9.17) is 22.1 Å². The number of amides is 1. The van der Waals surface area contributed by atoms with Crippen LogP contribution in [0, 0.1) is 0 Å². The molecule has 4 aromatic rings. The van der Waals surface area contributed by atoms with Gasteiger partial charge in [0.2, 0.25) is 0 Å². The van der Waals surface area contributed by atoms with Crippen LogP contribution >= 0.6 is 11.6 Å². The normalized spacial score (nSPS) is 14.6. The Hall–Kier alpha value is -4.24. The third-order valence-corrected chi connectivity index (χ3v) is 6.48. The van der Waals surface area contributed by atoms with Crippen LogP contribution < -0.4 is 26.2 Å². The van der Waals surface area contributed by atoms with Gasteiger partial charge in [-0.2, -0.15) is 5.10 Å². The highest BCUT2D eigenvalue weighted by Crippen LogP contribution is 2.34. The van der Waals surface area contributed by atoms with Crippen molar-refractivity contribution in [2.45, 2.75) is 19.2 Å². The topological polar surface area (TPSA) is 107 Å². The van der Waals surface area contributed by atoms with Crippen LogP contribution in [0.15, 0.2) is 77.9 Å². The number of ether oxygens (including phenoxy) is 1. The summed E-state index contributed by atoms with van der Waals surface area (Å²) < 4.78 is 9.32. The number of nitrogen functional groups attached to an aromatic ring is 1. The quantitative estimate of drug-likeness (QED) is 0.389. The lowest BCUT2D eigenvalue weighted by Crippen LogP contribution is -2.45. The van der Waals surface area contributed by atoms with Crippen LogP contribution in [0.2, 0.25) is 5.02 Å². The maximum absolute atomic E-state index is 12.8. The average Bonchev–Trinajstić information content (AvgIpc) is 3.24. The molecule has 190 valence electrons. The number of pyridine rings is 1. The molecule has 0 saturated heterocycles. The van der Waals surface area contributed by atoms with E-state index in [0.29, 0.717) is 42.5 Å². The van der Waals surface area contributed by atoms with Crippen LogP contribution in [-0.4, -0.2) is 46.5 Å². The van der Waals surface area contributed by atoms with E-state index in [1.807, 2.05) is 49.5 Å². The zero-order chi connectivity index (χ0) is 25.9. The van der Waals surface area contributed by atoms with Gasteiger partial charge < -0.3 is 25.3 Å². The monoisotopic (exact) mass is 518 g/mol. The Morgan fingerprint density at radius 2 is 1.89 bits per heavy atom. The van der Waals surface area contributed by atoms with Crippen molar-refractivity contribution in [2.24, 2.45) is 0 Å². The number of carbonyl (C=O) groups is 1. The Bertz CT molecular complexity index is 1480. The molecule has 5 rings (SSSR count). The predicted molar refractivity (Wildman–Crippen MR) is 143 cm³/mol. The Labute approximate surface area is 219 Å². The molecule has 0 saturated carbocycles. The van der Waals surface area contributed by atoms with Crippen LogP contribution in [-0.2, 0) is 13.1 Å². The SMILES string of the molecule is CN1CC(CNC(=O)c2cn(Cc3ccc(Cn4ccccc4=O)cc3)nc2N)Oc2cc(Cl)ccc21. The molecule has 2 aromatic heterocycles. The lowest BCUT2D eigenvalue weighted by atomic mass is 10.1. The van der Waals surface area contributed by atoms with E-state index in [0.717, 1.165) is 16.8 Å². The molecule has 9 nitrogen and oxygen atoms in total. The van der Waals surface area contributed by atoms with E-state index < -0.39 is 0 Å². The highest BCUT2D eigenvalue weighted by atomic mass is 35.5. The fourth-order valence-corrected chi connectivity index (χ4v) is 4.51. The van der Waals surface area contributed by atoms with Gasteiger partial charge in [0.1, 0.15) is 17.4 Å². The summed E-state index contributed by atoms with van der Waals surface area (Å²) >= 11 is 6.10. The van der Waals surface area contributed by atoms with Crippen LogP contribution in [0.1, 0.15) is 21.5 Å².